The van der Waals surface area contributed by atoms with Crippen molar-refractivity contribution in [2.45, 2.75) is 51.6 Å². The standard InChI is InChI=1S/C13H22O/c1-8-7-10-5-3-4-6-13(14)9(2)11(8)12(10)13/h8-12,14H,3-7H2,1-2H3. The van der Waals surface area contributed by atoms with Gasteiger partial charge in [0, 0.05) is 0 Å². The molecule has 0 amide bonds. The highest BCUT2D eigenvalue weighted by atomic mass is 16.3. The zero-order chi connectivity index (χ0) is 9.92. The molecule has 0 saturated heterocycles. The SMILES string of the molecule is CC1CC2CCCCC3(O)C(C)C1C23. The third-order valence-electron chi connectivity index (χ3n) is 5.60. The smallest absolute Gasteiger partial charge is 0.0709 e. The Morgan fingerprint density at radius 2 is 2.00 bits per heavy atom. The van der Waals surface area contributed by atoms with Crippen LogP contribution in [0.25, 0.3) is 0 Å². The molecule has 0 aromatic carbocycles. The highest BCUT2D eigenvalue weighted by Gasteiger charge is 2.65. The summed E-state index contributed by atoms with van der Waals surface area (Å²) in [4.78, 5) is 0. The van der Waals surface area contributed by atoms with Crippen molar-refractivity contribution in [2.24, 2.45) is 29.6 Å². The fourth-order valence-corrected chi connectivity index (χ4v) is 5.02. The summed E-state index contributed by atoms with van der Waals surface area (Å²) in [6.45, 7) is 4.68. The van der Waals surface area contributed by atoms with Crippen molar-refractivity contribution in [3.63, 3.8) is 0 Å². The van der Waals surface area contributed by atoms with Crippen molar-refractivity contribution in [1.29, 1.82) is 0 Å². The third kappa shape index (κ3) is 0.900. The van der Waals surface area contributed by atoms with Crippen LogP contribution in [0.3, 0.4) is 0 Å². The summed E-state index contributed by atoms with van der Waals surface area (Å²) in [6, 6.07) is 0. The molecule has 6 unspecified atom stereocenters. The van der Waals surface area contributed by atoms with E-state index in [1.54, 1.807) is 0 Å². The molecule has 3 aliphatic rings. The monoisotopic (exact) mass is 194 g/mol. The maximum atomic E-state index is 10.7. The van der Waals surface area contributed by atoms with E-state index in [0.717, 1.165) is 24.2 Å². The van der Waals surface area contributed by atoms with Gasteiger partial charge in [0.1, 0.15) is 0 Å². The summed E-state index contributed by atoms with van der Waals surface area (Å²) >= 11 is 0. The zero-order valence-electron chi connectivity index (χ0n) is 9.37. The Kier molecular flexibility index (Phi) is 1.81. The molecule has 0 heterocycles. The van der Waals surface area contributed by atoms with Gasteiger partial charge in [0.15, 0.2) is 0 Å². The van der Waals surface area contributed by atoms with Crippen LogP contribution in [-0.4, -0.2) is 10.7 Å². The number of hydrogen-bond donors (Lipinski definition) is 1. The second-order valence-electron chi connectivity index (χ2n) is 6.10. The molecule has 1 N–H and O–H groups in total. The Bertz CT molecular complexity index is 250. The molecule has 3 fully saturated rings. The lowest BCUT2D eigenvalue weighted by molar-refractivity contribution is -0.198. The number of aliphatic hydroxyl groups is 1. The van der Waals surface area contributed by atoms with Gasteiger partial charge in [-0.25, -0.2) is 0 Å². The Labute approximate surface area is 86.9 Å². The predicted molar refractivity (Wildman–Crippen MR) is 56.8 cm³/mol. The fraction of sp³-hybridized carbons (Fsp3) is 1.00. The van der Waals surface area contributed by atoms with E-state index in [1.165, 1.54) is 25.7 Å². The highest BCUT2D eigenvalue weighted by molar-refractivity contribution is 5.14. The third-order valence-corrected chi connectivity index (χ3v) is 5.60. The lowest BCUT2D eigenvalue weighted by Gasteiger charge is -2.57. The van der Waals surface area contributed by atoms with Gasteiger partial charge in [-0.05, 0) is 42.4 Å². The average molecular weight is 194 g/mol. The van der Waals surface area contributed by atoms with Crippen LogP contribution in [0, 0.1) is 29.6 Å². The molecule has 1 nitrogen and oxygen atoms in total. The van der Waals surface area contributed by atoms with Crippen LogP contribution in [0.5, 0.6) is 0 Å². The Morgan fingerprint density at radius 1 is 1.21 bits per heavy atom. The molecule has 1 heteroatoms. The summed E-state index contributed by atoms with van der Waals surface area (Å²) in [5, 5.41) is 10.7. The Morgan fingerprint density at radius 3 is 2.79 bits per heavy atom. The predicted octanol–water partition coefficient (Wildman–Crippen LogP) is 2.83. The van der Waals surface area contributed by atoms with Gasteiger partial charge >= 0.3 is 0 Å². The van der Waals surface area contributed by atoms with Crippen molar-refractivity contribution in [3.05, 3.63) is 0 Å². The molecular weight excluding hydrogens is 172 g/mol. The number of rotatable bonds is 0. The lowest BCUT2D eigenvalue weighted by Crippen LogP contribution is -2.61. The molecule has 0 aromatic rings. The molecule has 0 bridgehead atoms. The van der Waals surface area contributed by atoms with E-state index in [1.807, 2.05) is 0 Å². The summed E-state index contributed by atoms with van der Waals surface area (Å²) < 4.78 is 0. The topological polar surface area (TPSA) is 20.2 Å². The van der Waals surface area contributed by atoms with Crippen molar-refractivity contribution in [2.75, 3.05) is 0 Å². The van der Waals surface area contributed by atoms with E-state index in [2.05, 4.69) is 13.8 Å². The minimum absolute atomic E-state index is 0.253. The summed E-state index contributed by atoms with van der Waals surface area (Å²) in [6.07, 6.45) is 6.48. The van der Waals surface area contributed by atoms with Crippen LogP contribution in [0.1, 0.15) is 46.0 Å². The first kappa shape index (κ1) is 9.21. The van der Waals surface area contributed by atoms with Crippen LogP contribution in [0.2, 0.25) is 0 Å². The van der Waals surface area contributed by atoms with E-state index >= 15 is 0 Å². The van der Waals surface area contributed by atoms with Crippen molar-refractivity contribution in [1.82, 2.24) is 0 Å². The maximum Gasteiger partial charge on any atom is 0.0709 e. The van der Waals surface area contributed by atoms with Gasteiger partial charge in [0.25, 0.3) is 0 Å². The molecule has 14 heavy (non-hydrogen) atoms. The molecule has 3 saturated carbocycles. The first-order valence-electron chi connectivity index (χ1n) is 6.37. The quantitative estimate of drug-likeness (QED) is 0.628. The highest BCUT2D eigenvalue weighted by Crippen LogP contribution is 2.65. The van der Waals surface area contributed by atoms with Crippen molar-refractivity contribution in [3.8, 4) is 0 Å². The normalized spacial score (nSPS) is 61.5. The second-order valence-corrected chi connectivity index (χ2v) is 6.10. The molecule has 3 aliphatic carbocycles. The van der Waals surface area contributed by atoms with E-state index in [0.29, 0.717) is 11.8 Å². The molecule has 0 spiro atoms. The summed E-state index contributed by atoms with van der Waals surface area (Å²) in [7, 11) is 0. The lowest BCUT2D eigenvalue weighted by atomic mass is 9.51. The van der Waals surface area contributed by atoms with Gasteiger partial charge in [0.2, 0.25) is 0 Å². The van der Waals surface area contributed by atoms with Gasteiger partial charge in [0.05, 0.1) is 5.60 Å². The van der Waals surface area contributed by atoms with Gasteiger partial charge in [-0.3, -0.25) is 0 Å². The molecule has 0 aromatic heterocycles. The van der Waals surface area contributed by atoms with E-state index in [-0.39, 0.29) is 5.60 Å². The van der Waals surface area contributed by atoms with E-state index in [9.17, 15) is 5.11 Å². The summed E-state index contributed by atoms with van der Waals surface area (Å²) in [5.41, 5.74) is -0.253. The van der Waals surface area contributed by atoms with Crippen LogP contribution < -0.4 is 0 Å². The largest absolute Gasteiger partial charge is 0.389 e. The maximum absolute atomic E-state index is 10.7. The van der Waals surface area contributed by atoms with Gasteiger partial charge in [-0.1, -0.05) is 33.1 Å². The Balaban J connectivity index is 1.94. The van der Waals surface area contributed by atoms with E-state index in [4.69, 9.17) is 0 Å². The van der Waals surface area contributed by atoms with Crippen molar-refractivity contribution >= 4 is 0 Å². The second kappa shape index (κ2) is 2.75. The molecule has 0 radical (unpaired) electrons. The van der Waals surface area contributed by atoms with Gasteiger partial charge < -0.3 is 5.11 Å². The van der Waals surface area contributed by atoms with Crippen LogP contribution in [-0.2, 0) is 0 Å². The molecule has 6 atom stereocenters. The minimum atomic E-state index is -0.253. The van der Waals surface area contributed by atoms with Crippen LogP contribution in [0.15, 0.2) is 0 Å². The molecule has 0 aliphatic heterocycles. The molecular formula is C13H22O. The van der Waals surface area contributed by atoms with Crippen LogP contribution >= 0.6 is 0 Å². The van der Waals surface area contributed by atoms with Gasteiger partial charge in [-0.2, -0.15) is 0 Å². The average Bonchev–Trinajstić information content (AvgIpc) is 2.40. The van der Waals surface area contributed by atoms with E-state index < -0.39 is 0 Å². The number of hydrogen-bond acceptors (Lipinski definition) is 1. The Hall–Kier alpha value is -0.0400. The zero-order valence-corrected chi connectivity index (χ0v) is 9.37. The molecule has 80 valence electrons. The summed E-state index contributed by atoms with van der Waals surface area (Å²) in [5.74, 6) is 3.83. The first-order chi connectivity index (χ1) is 6.64. The minimum Gasteiger partial charge on any atom is -0.389 e. The van der Waals surface area contributed by atoms with Crippen LogP contribution in [0.4, 0.5) is 0 Å². The first-order valence-corrected chi connectivity index (χ1v) is 6.37. The van der Waals surface area contributed by atoms with Gasteiger partial charge in [-0.15, -0.1) is 0 Å². The fourth-order valence-electron chi connectivity index (χ4n) is 5.02. The van der Waals surface area contributed by atoms with Crippen molar-refractivity contribution < 1.29 is 5.11 Å². The molecule has 3 rings (SSSR count).